The molecular weight excluding hydrogens is 358 g/mol. The van der Waals surface area contributed by atoms with Gasteiger partial charge < -0.3 is 24.7 Å². The Morgan fingerprint density at radius 3 is 2.36 bits per heavy atom. The molecule has 0 unspecified atom stereocenters. The summed E-state index contributed by atoms with van der Waals surface area (Å²) >= 11 is 0. The second-order valence-electron chi connectivity index (χ2n) is 6.79. The van der Waals surface area contributed by atoms with Crippen molar-refractivity contribution in [2.45, 2.75) is 38.2 Å². The van der Waals surface area contributed by atoms with Gasteiger partial charge in [0.25, 0.3) is 0 Å². The molecule has 0 bridgehead atoms. The van der Waals surface area contributed by atoms with Gasteiger partial charge in [0.15, 0.2) is 0 Å². The number of hydrogen-bond acceptors (Lipinski definition) is 6. The van der Waals surface area contributed by atoms with Crippen LogP contribution in [0.3, 0.4) is 0 Å². The highest BCUT2D eigenvalue weighted by atomic mass is 16.5. The van der Waals surface area contributed by atoms with Gasteiger partial charge in [-0.05, 0) is 68.1 Å². The topological polar surface area (TPSA) is 80.0 Å². The number of ether oxygens (including phenoxy) is 4. The predicted octanol–water partition coefficient (Wildman–Crippen LogP) is 4.22. The number of hydrogen-bond donors (Lipinski definition) is 1. The van der Waals surface area contributed by atoms with Gasteiger partial charge in [-0.3, -0.25) is 0 Å². The second kappa shape index (κ2) is 9.88. The number of carbonyl (C=O) groups is 1. The van der Waals surface area contributed by atoms with Gasteiger partial charge >= 0.3 is 5.97 Å². The maximum atomic E-state index is 12.4. The van der Waals surface area contributed by atoms with Crippen LogP contribution < -0.4 is 19.9 Å². The van der Waals surface area contributed by atoms with Crippen molar-refractivity contribution in [3.63, 3.8) is 0 Å². The Morgan fingerprint density at radius 1 is 0.964 bits per heavy atom. The van der Waals surface area contributed by atoms with Crippen molar-refractivity contribution in [2.75, 3.05) is 26.1 Å². The van der Waals surface area contributed by atoms with Crippen molar-refractivity contribution in [3.8, 4) is 17.2 Å². The molecule has 6 heteroatoms. The van der Waals surface area contributed by atoms with Crippen molar-refractivity contribution in [1.29, 1.82) is 0 Å². The number of nitrogen functional groups attached to an aromatic ring is 1. The first-order valence-electron chi connectivity index (χ1n) is 9.66. The lowest BCUT2D eigenvalue weighted by molar-refractivity contribution is 0.0210. The Hall–Kier alpha value is -2.89. The molecule has 0 spiro atoms. The molecule has 0 radical (unpaired) electrons. The van der Waals surface area contributed by atoms with Crippen molar-refractivity contribution < 1.29 is 23.7 Å². The summed E-state index contributed by atoms with van der Waals surface area (Å²) in [4.78, 5) is 12.4. The zero-order chi connectivity index (χ0) is 19.8. The van der Waals surface area contributed by atoms with Gasteiger partial charge in [0, 0.05) is 0 Å². The molecular formula is C22H27NO5. The average molecular weight is 385 g/mol. The Balaban J connectivity index is 1.50. The molecule has 2 aromatic rings. The van der Waals surface area contributed by atoms with E-state index in [9.17, 15) is 4.79 Å². The van der Waals surface area contributed by atoms with Crippen LogP contribution in [-0.2, 0) is 4.74 Å². The van der Waals surface area contributed by atoms with Gasteiger partial charge in [0.1, 0.15) is 36.6 Å². The van der Waals surface area contributed by atoms with E-state index in [4.69, 9.17) is 24.7 Å². The van der Waals surface area contributed by atoms with Gasteiger partial charge in [0.2, 0.25) is 0 Å². The van der Waals surface area contributed by atoms with Crippen molar-refractivity contribution in [1.82, 2.24) is 0 Å². The molecule has 3 rings (SSSR count). The fourth-order valence-electron chi connectivity index (χ4n) is 3.17. The predicted molar refractivity (Wildman–Crippen MR) is 107 cm³/mol. The Labute approximate surface area is 165 Å². The minimum atomic E-state index is -0.328. The zero-order valence-corrected chi connectivity index (χ0v) is 16.2. The van der Waals surface area contributed by atoms with E-state index in [-0.39, 0.29) is 12.1 Å². The van der Waals surface area contributed by atoms with Crippen LogP contribution in [0, 0.1) is 0 Å². The number of nitrogens with two attached hydrogens (primary N) is 1. The normalized spacial score (nSPS) is 14.3. The molecule has 28 heavy (non-hydrogen) atoms. The van der Waals surface area contributed by atoms with Crippen LogP contribution in [0.5, 0.6) is 17.2 Å². The fraction of sp³-hybridized carbons (Fsp3) is 0.409. The van der Waals surface area contributed by atoms with E-state index in [1.54, 1.807) is 25.3 Å². The van der Waals surface area contributed by atoms with Crippen LogP contribution in [0.15, 0.2) is 42.5 Å². The Kier molecular flexibility index (Phi) is 7.00. The fourth-order valence-corrected chi connectivity index (χ4v) is 3.17. The van der Waals surface area contributed by atoms with Gasteiger partial charge in [-0.15, -0.1) is 0 Å². The molecule has 2 N–H and O–H groups in total. The summed E-state index contributed by atoms with van der Waals surface area (Å²) in [7, 11) is 1.62. The molecule has 1 saturated carbocycles. The third-order valence-electron chi connectivity index (χ3n) is 4.74. The summed E-state index contributed by atoms with van der Waals surface area (Å²) in [5.74, 6) is 1.62. The molecule has 0 amide bonds. The molecule has 6 nitrogen and oxygen atoms in total. The minimum Gasteiger partial charge on any atom is -0.497 e. The molecule has 1 aliphatic rings. The van der Waals surface area contributed by atoms with E-state index >= 15 is 0 Å². The number of esters is 1. The van der Waals surface area contributed by atoms with E-state index in [1.807, 2.05) is 24.3 Å². The molecule has 0 atom stereocenters. The van der Waals surface area contributed by atoms with E-state index < -0.39 is 0 Å². The van der Waals surface area contributed by atoms with Gasteiger partial charge in [-0.25, -0.2) is 4.79 Å². The highest BCUT2D eigenvalue weighted by Gasteiger charge is 2.19. The summed E-state index contributed by atoms with van der Waals surface area (Å²) in [6.07, 6.45) is 5.33. The van der Waals surface area contributed by atoms with E-state index in [2.05, 4.69) is 0 Å². The van der Waals surface area contributed by atoms with Crippen LogP contribution in [0.4, 0.5) is 5.69 Å². The molecule has 150 valence electrons. The molecule has 1 fully saturated rings. The molecule has 0 saturated heterocycles. The molecule has 0 heterocycles. The first-order valence-corrected chi connectivity index (χ1v) is 9.66. The Morgan fingerprint density at radius 2 is 1.64 bits per heavy atom. The molecule has 0 aliphatic heterocycles. The molecule has 2 aromatic carbocycles. The van der Waals surface area contributed by atoms with Gasteiger partial charge in [-0.1, -0.05) is 6.42 Å². The Bertz CT molecular complexity index is 769. The SMILES string of the molecule is COc1ccc(OCCOc2cc(C(=O)OC3CCCCC3)ccc2N)cc1. The van der Waals surface area contributed by atoms with Crippen molar-refractivity contribution in [3.05, 3.63) is 48.0 Å². The standard InChI is InChI=1S/C22H27NO5/c1-25-17-8-10-18(11-9-17)26-13-14-27-21-15-16(7-12-20(21)23)22(24)28-19-5-3-2-4-6-19/h7-12,15,19H,2-6,13-14,23H2,1H3. The van der Waals surface area contributed by atoms with Gasteiger partial charge in [0.05, 0.1) is 18.4 Å². The summed E-state index contributed by atoms with van der Waals surface area (Å²) in [6, 6.07) is 12.3. The molecule has 1 aliphatic carbocycles. The number of carbonyl (C=O) groups excluding carboxylic acids is 1. The maximum Gasteiger partial charge on any atom is 0.338 e. The number of anilines is 1. The first-order chi connectivity index (χ1) is 13.7. The monoisotopic (exact) mass is 385 g/mol. The van der Waals surface area contributed by atoms with Crippen molar-refractivity contribution >= 4 is 11.7 Å². The lowest BCUT2D eigenvalue weighted by Gasteiger charge is -2.22. The number of methoxy groups -OCH3 is 1. The smallest absolute Gasteiger partial charge is 0.338 e. The van der Waals surface area contributed by atoms with Crippen LogP contribution in [0.25, 0.3) is 0 Å². The van der Waals surface area contributed by atoms with Gasteiger partial charge in [-0.2, -0.15) is 0 Å². The molecule has 0 aromatic heterocycles. The van der Waals surface area contributed by atoms with Crippen LogP contribution >= 0.6 is 0 Å². The highest BCUT2D eigenvalue weighted by Crippen LogP contribution is 2.26. The van der Waals surface area contributed by atoms with Crippen LogP contribution in [0.1, 0.15) is 42.5 Å². The zero-order valence-electron chi connectivity index (χ0n) is 16.2. The average Bonchev–Trinajstić information content (AvgIpc) is 2.73. The highest BCUT2D eigenvalue weighted by molar-refractivity contribution is 5.90. The maximum absolute atomic E-state index is 12.4. The first kappa shape index (κ1) is 19.9. The third-order valence-corrected chi connectivity index (χ3v) is 4.74. The van der Waals surface area contributed by atoms with Crippen LogP contribution in [0.2, 0.25) is 0 Å². The third kappa shape index (κ3) is 5.55. The largest absolute Gasteiger partial charge is 0.497 e. The number of rotatable bonds is 8. The van der Waals surface area contributed by atoms with E-state index in [0.717, 1.165) is 37.2 Å². The second-order valence-corrected chi connectivity index (χ2v) is 6.79. The lowest BCUT2D eigenvalue weighted by Crippen LogP contribution is -2.21. The van der Waals surface area contributed by atoms with Crippen LogP contribution in [-0.4, -0.2) is 32.4 Å². The summed E-state index contributed by atoms with van der Waals surface area (Å²) in [5.41, 5.74) is 6.89. The summed E-state index contributed by atoms with van der Waals surface area (Å²) in [6.45, 7) is 0.653. The minimum absolute atomic E-state index is 0.0149. The van der Waals surface area contributed by atoms with E-state index in [1.165, 1.54) is 6.42 Å². The lowest BCUT2D eigenvalue weighted by atomic mass is 9.98. The quantitative estimate of drug-likeness (QED) is 0.416. The number of benzene rings is 2. The summed E-state index contributed by atoms with van der Waals surface area (Å²) < 4.78 is 22.1. The van der Waals surface area contributed by atoms with E-state index in [0.29, 0.717) is 30.2 Å². The van der Waals surface area contributed by atoms with Crippen molar-refractivity contribution in [2.24, 2.45) is 0 Å². The summed E-state index contributed by atoms with van der Waals surface area (Å²) in [5, 5.41) is 0.